The third kappa shape index (κ3) is 4.42. The summed E-state index contributed by atoms with van der Waals surface area (Å²) in [6.07, 6.45) is -2.13. The van der Waals surface area contributed by atoms with Gasteiger partial charge >= 0.3 is 13.3 Å². The van der Waals surface area contributed by atoms with Gasteiger partial charge in [0.15, 0.2) is 12.1 Å². The van der Waals surface area contributed by atoms with Crippen LogP contribution in [0.15, 0.2) is 23.6 Å². The Morgan fingerprint density at radius 3 is 2.73 bits per heavy atom. The summed E-state index contributed by atoms with van der Waals surface area (Å²) in [6, 6.07) is 1.71. The van der Waals surface area contributed by atoms with Crippen molar-refractivity contribution in [2.75, 3.05) is 0 Å². The van der Waals surface area contributed by atoms with E-state index < -0.39 is 49.3 Å². The average molecular weight is 443 g/mol. The zero-order valence-corrected chi connectivity index (χ0v) is 17.7. The second-order valence-corrected chi connectivity index (χ2v) is 10.0. The van der Waals surface area contributed by atoms with E-state index in [0.717, 1.165) is 11.5 Å². The van der Waals surface area contributed by atoms with E-state index in [1.54, 1.807) is 12.1 Å². The molecule has 0 spiro atoms. The molecule has 2 aromatic heterocycles. The van der Waals surface area contributed by atoms with Crippen molar-refractivity contribution in [3.63, 3.8) is 0 Å². The predicted molar refractivity (Wildman–Crippen MR) is 108 cm³/mol. The Kier molecular flexibility index (Phi) is 6.09. The number of aromatic amines is 1. The molecule has 1 fully saturated rings. The van der Waals surface area contributed by atoms with Gasteiger partial charge in [-0.2, -0.15) is 4.98 Å². The van der Waals surface area contributed by atoms with Gasteiger partial charge < -0.3 is 34.5 Å². The number of aromatic nitrogens is 3. The van der Waals surface area contributed by atoms with Crippen molar-refractivity contribution in [1.82, 2.24) is 14.5 Å². The summed E-state index contributed by atoms with van der Waals surface area (Å²) in [4.78, 5) is 29.0. The van der Waals surface area contributed by atoms with Gasteiger partial charge in [-0.25, -0.2) is 4.79 Å². The molecule has 1 saturated heterocycles. The fraction of sp³-hybridized carbons (Fsp3) is 0.556. The van der Waals surface area contributed by atoms with Crippen molar-refractivity contribution in [2.45, 2.75) is 63.2 Å². The first-order valence-corrected chi connectivity index (χ1v) is 11.0. The molecule has 0 aliphatic carbocycles. The summed E-state index contributed by atoms with van der Waals surface area (Å²) >= 11 is 0. The molecule has 0 amide bonds. The summed E-state index contributed by atoms with van der Waals surface area (Å²) in [5.41, 5.74) is -0.969. The number of hydrogen-bond donors (Lipinski definition) is 5. The molecule has 166 valence electrons. The molecule has 5 N–H and O–H groups in total. The first kappa shape index (κ1) is 22.8. The quantitative estimate of drug-likeness (QED) is 0.387. The van der Waals surface area contributed by atoms with Gasteiger partial charge in [0.1, 0.15) is 17.9 Å². The number of aliphatic hydroxyl groups excluding tert-OH is 3. The Labute approximate surface area is 172 Å². The van der Waals surface area contributed by atoms with E-state index in [2.05, 4.69) is 16.5 Å². The number of nitrogens with zero attached hydrogens (tertiary/aromatic N) is 2. The molecule has 1 aliphatic heterocycles. The predicted octanol–water partition coefficient (Wildman–Crippen LogP) is 0.696. The van der Waals surface area contributed by atoms with Gasteiger partial charge in [0.25, 0.3) is 0 Å². The summed E-state index contributed by atoms with van der Waals surface area (Å²) in [6.45, 7) is 7.76. The average Bonchev–Trinajstić information content (AvgIpc) is 3.15. The van der Waals surface area contributed by atoms with E-state index in [4.69, 9.17) is 9.26 Å². The van der Waals surface area contributed by atoms with Gasteiger partial charge in [0.2, 0.25) is 0 Å². The number of fused-ring (bicyclic) bond motifs is 1. The molecule has 0 aromatic carbocycles. The van der Waals surface area contributed by atoms with Crippen molar-refractivity contribution in [2.24, 2.45) is 0 Å². The molecule has 1 aliphatic rings. The van der Waals surface area contributed by atoms with Crippen LogP contribution < -0.4 is 5.69 Å². The third-order valence-electron chi connectivity index (χ3n) is 4.93. The molecule has 30 heavy (non-hydrogen) atoms. The molecular weight excluding hydrogens is 417 g/mol. The minimum absolute atomic E-state index is 0.0891. The van der Waals surface area contributed by atoms with E-state index in [-0.39, 0.29) is 6.42 Å². The van der Waals surface area contributed by atoms with E-state index in [1.807, 2.05) is 0 Å². The minimum atomic E-state index is -4.31. The van der Waals surface area contributed by atoms with Crippen LogP contribution >= 0.6 is 7.60 Å². The second kappa shape index (κ2) is 8.01. The van der Waals surface area contributed by atoms with Gasteiger partial charge in [-0.05, 0) is 32.9 Å². The van der Waals surface area contributed by atoms with Crippen LogP contribution in [0.3, 0.4) is 0 Å². The lowest BCUT2D eigenvalue weighted by molar-refractivity contribution is -0.0643. The lowest BCUT2D eigenvalue weighted by Gasteiger charge is -2.31. The third-order valence-corrected chi connectivity index (χ3v) is 6.63. The lowest BCUT2D eigenvalue weighted by Crippen LogP contribution is -2.38. The SMILES string of the molecule is C=Cc1cc2cn([C@@H]3O[C@H](CC(C)(C)OP(=O)(O)C(C)O)[C@@H](O)[C@H]3O)c(=O)nc2[nH]1. The Bertz CT molecular complexity index is 1050. The maximum absolute atomic E-state index is 12.4. The number of hydrogen-bond acceptors (Lipinski definition) is 8. The first-order chi connectivity index (χ1) is 13.8. The maximum Gasteiger partial charge on any atom is 0.356 e. The molecular formula is C18H26N3O8P. The van der Waals surface area contributed by atoms with Crippen molar-refractivity contribution >= 4 is 24.7 Å². The number of ether oxygens (including phenoxy) is 1. The molecule has 0 saturated carbocycles. The van der Waals surface area contributed by atoms with Crippen LogP contribution in [0.4, 0.5) is 0 Å². The van der Waals surface area contributed by atoms with E-state index >= 15 is 0 Å². The van der Waals surface area contributed by atoms with Crippen molar-refractivity contribution in [3.05, 3.63) is 35.0 Å². The second-order valence-electron chi connectivity index (χ2n) is 7.96. The summed E-state index contributed by atoms with van der Waals surface area (Å²) in [5, 5.41) is 30.9. The van der Waals surface area contributed by atoms with E-state index in [0.29, 0.717) is 16.7 Å². The first-order valence-electron chi connectivity index (χ1n) is 9.32. The molecule has 3 rings (SSSR count). The topological polar surface area (TPSA) is 167 Å². The fourth-order valence-corrected chi connectivity index (χ4v) is 4.34. The van der Waals surface area contributed by atoms with Crippen molar-refractivity contribution < 1.29 is 34.0 Å². The summed E-state index contributed by atoms with van der Waals surface area (Å²) in [7, 11) is -4.31. The Morgan fingerprint density at radius 2 is 2.13 bits per heavy atom. The highest BCUT2D eigenvalue weighted by molar-refractivity contribution is 7.53. The molecule has 11 nitrogen and oxygen atoms in total. The summed E-state index contributed by atoms with van der Waals surface area (Å²) < 4.78 is 24.0. The van der Waals surface area contributed by atoms with Crippen LogP contribution in [0.25, 0.3) is 17.1 Å². The Hall–Kier alpha value is -1.85. The van der Waals surface area contributed by atoms with Crippen molar-refractivity contribution in [3.8, 4) is 0 Å². The van der Waals surface area contributed by atoms with Crippen LogP contribution in [0.5, 0.6) is 0 Å². The molecule has 3 heterocycles. The van der Waals surface area contributed by atoms with Gasteiger partial charge in [0, 0.05) is 23.7 Å². The number of rotatable bonds is 7. The molecule has 0 bridgehead atoms. The lowest BCUT2D eigenvalue weighted by atomic mass is 9.97. The standard InChI is InChI=1S/C18H26N3O8P/c1-5-11-6-10-8-21(17(25)20-15(10)19-11)16-14(24)13(23)12(28-16)7-18(3,4)29-30(26,27)9(2)22/h5-6,8-9,12-14,16,22-24H,1,7H2,2-4H3,(H,26,27)(H,19,20,25)/t9?,12-,13-,14-,16-/m1/s1. The van der Waals surface area contributed by atoms with Crippen LogP contribution in [0, 0.1) is 0 Å². The van der Waals surface area contributed by atoms with Gasteiger partial charge in [0.05, 0.1) is 11.7 Å². The van der Waals surface area contributed by atoms with E-state index in [9.17, 15) is 29.6 Å². The maximum atomic E-state index is 12.4. The molecule has 2 unspecified atom stereocenters. The fourth-order valence-electron chi connectivity index (χ4n) is 3.40. The molecule has 12 heteroatoms. The molecule has 0 radical (unpaired) electrons. The number of aliphatic hydroxyl groups is 3. The van der Waals surface area contributed by atoms with Crippen LogP contribution in [-0.4, -0.2) is 64.5 Å². The minimum Gasteiger partial charge on any atom is -0.388 e. The normalized spacial score (nSPS) is 27.8. The van der Waals surface area contributed by atoms with Crippen molar-refractivity contribution in [1.29, 1.82) is 0 Å². The van der Waals surface area contributed by atoms with E-state index in [1.165, 1.54) is 20.0 Å². The van der Waals surface area contributed by atoms with Crippen LogP contribution in [0.1, 0.15) is 39.1 Å². The van der Waals surface area contributed by atoms with Crippen LogP contribution in [0.2, 0.25) is 0 Å². The highest BCUT2D eigenvalue weighted by Gasteiger charge is 2.47. The molecule has 2 aromatic rings. The zero-order valence-electron chi connectivity index (χ0n) is 16.8. The van der Waals surface area contributed by atoms with Gasteiger partial charge in [-0.15, -0.1) is 0 Å². The highest BCUT2D eigenvalue weighted by Crippen LogP contribution is 2.51. The Morgan fingerprint density at radius 1 is 1.47 bits per heavy atom. The number of nitrogens with one attached hydrogen (secondary N) is 1. The van der Waals surface area contributed by atoms with Crippen LogP contribution in [-0.2, 0) is 13.8 Å². The smallest absolute Gasteiger partial charge is 0.356 e. The largest absolute Gasteiger partial charge is 0.388 e. The summed E-state index contributed by atoms with van der Waals surface area (Å²) in [5.74, 6) is -1.59. The monoisotopic (exact) mass is 443 g/mol. The Balaban J connectivity index is 1.84. The highest BCUT2D eigenvalue weighted by atomic mass is 31.2. The zero-order chi connectivity index (χ0) is 22.4. The van der Waals surface area contributed by atoms with Gasteiger partial charge in [-0.1, -0.05) is 6.58 Å². The number of H-pyrrole nitrogens is 1. The van der Waals surface area contributed by atoms with Gasteiger partial charge in [-0.3, -0.25) is 9.13 Å². The molecule has 6 atom stereocenters.